The predicted molar refractivity (Wildman–Crippen MR) is 63.5 cm³/mol. The van der Waals surface area contributed by atoms with Gasteiger partial charge in [-0.1, -0.05) is 42.8 Å². The van der Waals surface area contributed by atoms with Gasteiger partial charge < -0.3 is 5.32 Å². The molecular formula is C13H19N. The Bertz CT molecular complexity index is 313. The van der Waals surface area contributed by atoms with Crippen molar-refractivity contribution < 1.29 is 0 Å². The van der Waals surface area contributed by atoms with Crippen molar-refractivity contribution in [3.05, 3.63) is 41.0 Å². The molecule has 0 aromatic heterocycles. The molecule has 76 valence electrons. The van der Waals surface area contributed by atoms with Crippen molar-refractivity contribution >= 4 is 6.08 Å². The maximum atomic E-state index is 3.27. The number of nitrogens with one attached hydrogen (secondary N) is 1. The van der Waals surface area contributed by atoms with E-state index < -0.39 is 0 Å². The lowest BCUT2D eigenvalue weighted by atomic mass is 10.1. The molecule has 1 nitrogen and oxygen atoms in total. The Morgan fingerprint density at radius 3 is 2.79 bits per heavy atom. The molecule has 1 N–H and O–H groups in total. The summed E-state index contributed by atoms with van der Waals surface area (Å²) in [6.07, 6.45) is 4.36. The average molecular weight is 189 g/mol. The number of likely N-dealkylation sites (N-methyl/N-ethyl adjacent to an activating group) is 1. The van der Waals surface area contributed by atoms with E-state index in [4.69, 9.17) is 0 Å². The smallest absolute Gasteiger partial charge is 0.0138 e. The van der Waals surface area contributed by atoms with E-state index in [1.807, 2.05) is 0 Å². The number of aryl methyl sites for hydroxylation is 2. The average Bonchev–Trinajstić information content (AvgIpc) is 2.18. The van der Waals surface area contributed by atoms with Crippen molar-refractivity contribution in [2.24, 2.45) is 0 Å². The van der Waals surface area contributed by atoms with Gasteiger partial charge in [0.15, 0.2) is 0 Å². The third-order valence-corrected chi connectivity index (χ3v) is 2.24. The van der Waals surface area contributed by atoms with Crippen LogP contribution in [0.5, 0.6) is 0 Å². The van der Waals surface area contributed by atoms with Crippen LogP contribution in [0.3, 0.4) is 0 Å². The zero-order valence-electron chi connectivity index (χ0n) is 9.30. The highest BCUT2D eigenvalue weighted by molar-refractivity contribution is 5.54. The summed E-state index contributed by atoms with van der Waals surface area (Å²) in [6, 6.07) is 6.54. The van der Waals surface area contributed by atoms with Gasteiger partial charge >= 0.3 is 0 Å². The van der Waals surface area contributed by atoms with Gasteiger partial charge in [-0.2, -0.15) is 0 Å². The van der Waals surface area contributed by atoms with Crippen LogP contribution in [0.25, 0.3) is 6.08 Å². The van der Waals surface area contributed by atoms with E-state index >= 15 is 0 Å². The molecule has 0 amide bonds. The molecule has 1 aromatic carbocycles. The second-order valence-electron chi connectivity index (χ2n) is 3.57. The van der Waals surface area contributed by atoms with Crippen LogP contribution in [0.1, 0.15) is 23.6 Å². The van der Waals surface area contributed by atoms with Crippen LogP contribution < -0.4 is 5.32 Å². The first-order valence-electron chi connectivity index (χ1n) is 5.18. The summed E-state index contributed by atoms with van der Waals surface area (Å²) in [7, 11) is 0. The first-order valence-corrected chi connectivity index (χ1v) is 5.18. The molecule has 0 unspecified atom stereocenters. The van der Waals surface area contributed by atoms with Crippen molar-refractivity contribution in [1.29, 1.82) is 0 Å². The molecule has 0 aliphatic rings. The summed E-state index contributed by atoms with van der Waals surface area (Å²) in [6.45, 7) is 8.36. The molecule has 0 atom stereocenters. The summed E-state index contributed by atoms with van der Waals surface area (Å²) in [5.74, 6) is 0. The predicted octanol–water partition coefficient (Wildman–Crippen LogP) is 2.93. The Hall–Kier alpha value is -1.08. The lowest BCUT2D eigenvalue weighted by Gasteiger charge is -2.01. The molecule has 0 heterocycles. The van der Waals surface area contributed by atoms with E-state index in [1.54, 1.807) is 0 Å². The monoisotopic (exact) mass is 189 g/mol. The Kier molecular flexibility index (Phi) is 4.41. The van der Waals surface area contributed by atoms with Crippen molar-refractivity contribution in [3.63, 3.8) is 0 Å². The van der Waals surface area contributed by atoms with Crippen LogP contribution in [0, 0.1) is 13.8 Å². The Balaban J connectivity index is 2.65. The SMILES string of the molecule is CCNCC=Cc1cc(C)ccc1C. The second-order valence-corrected chi connectivity index (χ2v) is 3.57. The Labute approximate surface area is 86.8 Å². The minimum atomic E-state index is 0.948. The first kappa shape index (κ1) is 11.0. The molecular weight excluding hydrogens is 170 g/mol. The Morgan fingerprint density at radius 2 is 2.07 bits per heavy atom. The van der Waals surface area contributed by atoms with Gasteiger partial charge in [0, 0.05) is 6.54 Å². The maximum Gasteiger partial charge on any atom is 0.0138 e. The largest absolute Gasteiger partial charge is 0.314 e. The number of hydrogen-bond donors (Lipinski definition) is 1. The molecule has 0 bridgehead atoms. The number of hydrogen-bond acceptors (Lipinski definition) is 1. The van der Waals surface area contributed by atoms with Crippen LogP contribution in [0.4, 0.5) is 0 Å². The minimum Gasteiger partial charge on any atom is -0.314 e. The van der Waals surface area contributed by atoms with Gasteiger partial charge in [-0.15, -0.1) is 0 Å². The van der Waals surface area contributed by atoms with Crippen LogP contribution in [0.15, 0.2) is 24.3 Å². The quantitative estimate of drug-likeness (QED) is 0.718. The van der Waals surface area contributed by atoms with Gasteiger partial charge in [0.25, 0.3) is 0 Å². The number of rotatable bonds is 4. The highest BCUT2D eigenvalue weighted by Gasteiger charge is 1.93. The van der Waals surface area contributed by atoms with Gasteiger partial charge in [-0.05, 0) is 31.5 Å². The third kappa shape index (κ3) is 3.35. The van der Waals surface area contributed by atoms with Crippen LogP contribution in [0.2, 0.25) is 0 Å². The normalized spacial score (nSPS) is 11.1. The van der Waals surface area contributed by atoms with E-state index in [2.05, 4.69) is 56.4 Å². The molecule has 0 aliphatic carbocycles. The van der Waals surface area contributed by atoms with Gasteiger partial charge in [0.2, 0.25) is 0 Å². The van der Waals surface area contributed by atoms with Crippen LogP contribution >= 0.6 is 0 Å². The summed E-state index contributed by atoms with van der Waals surface area (Å²) < 4.78 is 0. The van der Waals surface area contributed by atoms with Gasteiger partial charge in [0.1, 0.15) is 0 Å². The highest BCUT2D eigenvalue weighted by atomic mass is 14.8. The second kappa shape index (κ2) is 5.61. The molecule has 0 spiro atoms. The molecule has 1 heteroatoms. The zero-order chi connectivity index (χ0) is 10.4. The van der Waals surface area contributed by atoms with E-state index in [9.17, 15) is 0 Å². The van der Waals surface area contributed by atoms with Gasteiger partial charge in [-0.25, -0.2) is 0 Å². The zero-order valence-corrected chi connectivity index (χ0v) is 9.30. The summed E-state index contributed by atoms with van der Waals surface area (Å²) in [5, 5.41) is 3.27. The molecule has 0 saturated heterocycles. The van der Waals surface area contributed by atoms with E-state index in [1.165, 1.54) is 16.7 Å². The van der Waals surface area contributed by atoms with Crippen molar-refractivity contribution in [3.8, 4) is 0 Å². The van der Waals surface area contributed by atoms with Gasteiger partial charge in [0.05, 0.1) is 0 Å². The molecule has 0 aliphatic heterocycles. The summed E-state index contributed by atoms with van der Waals surface area (Å²) in [5.41, 5.74) is 3.98. The van der Waals surface area contributed by atoms with Crippen molar-refractivity contribution in [2.75, 3.05) is 13.1 Å². The standard InChI is InChI=1S/C13H19N/c1-4-14-9-5-6-13-10-11(2)7-8-12(13)3/h5-8,10,14H,4,9H2,1-3H3. The van der Waals surface area contributed by atoms with E-state index in [0.717, 1.165) is 13.1 Å². The molecule has 0 radical (unpaired) electrons. The lowest BCUT2D eigenvalue weighted by Crippen LogP contribution is -2.11. The van der Waals surface area contributed by atoms with E-state index in [0.29, 0.717) is 0 Å². The van der Waals surface area contributed by atoms with Crippen molar-refractivity contribution in [1.82, 2.24) is 5.32 Å². The van der Waals surface area contributed by atoms with E-state index in [-0.39, 0.29) is 0 Å². The lowest BCUT2D eigenvalue weighted by molar-refractivity contribution is 0.801. The van der Waals surface area contributed by atoms with Crippen molar-refractivity contribution in [2.45, 2.75) is 20.8 Å². The van der Waals surface area contributed by atoms with Gasteiger partial charge in [-0.3, -0.25) is 0 Å². The highest BCUT2D eigenvalue weighted by Crippen LogP contribution is 2.11. The minimum absolute atomic E-state index is 0.948. The summed E-state index contributed by atoms with van der Waals surface area (Å²) >= 11 is 0. The number of benzene rings is 1. The van der Waals surface area contributed by atoms with Crippen LogP contribution in [-0.2, 0) is 0 Å². The molecule has 1 rings (SSSR count). The van der Waals surface area contributed by atoms with Crippen LogP contribution in [-0.4, -0.2) is 13.1 Å². The fourth-order valence-corrected chi connectivity index (χ4v) is 1.35. The molecule has 14 heavy (non-hydrogen) atoms. The maximum absolute atomic E-state index is 3.27. The summed E-state index contributed by atoms with van der Waals surface area (Å²) in [4.78, 5) is 0. The molecule has 0 saturated carbocycles. The first-order chi connectivity index (χ1) is 6.74. The fraction of sp³-hybridized carbons (Fsp3) is 0.385. The molecule has 1 aromatic rings. The topological polar surface area (TPSA) is 12.0 Å². The fourth-order valence-electron chi connectivity index (χ4n) is 1.35. The Morgan fingerprint density at radius 1 is 1.29 bits per heavy atom. The third-order valence-electron chi connectivity index (χ3n) is 2.24. The molecule has 0 fully saturated rings.